The van der Waals surface area contributed by atoms with Crippen LogP contribution in [0.1, 0.15) is 5.56 Å². The van der Waals surface area contributed by atoms with Crippen LogP contribution in [0.25, 0.3) is 0 Å². The van der Waals surface area contributed by atoms with Crippen molar-refractivity contribution in [2.75, 3.05) is 24.2 Å². The number of non-ortho nitro benzene ring substituents is 1. The molecule has 0 saturated heterocycles. The summed E-state index contributed by atoms with van der Waals surface area (Å²) in [4.78, 5) is 26.5. The van der Waals surface area contributed by atoms with Crippen molar-refractivity contribution in [3.05, 3.63) is 58.4 Å². The van der Waals surface area contributed by atoms with Gasteiger partial charge in [0.1, 0.15) is 18.0 Å². The van der Waals surface area contributed by atoms with Crippen LogP contribution in [0.3, 0.4) is 0 Å². The van der Waals surface area contributed by atoms with Crippen LogP contribution < -0.4 is 14.4 Å². The van der Waals surface area contributed by atoms with Gasteiger partial charge in [0.2, 0.25) is 15.9 Å². The number of nitro benzene ring substituents is 1. The van der Waals surface area contributed by atoms with E-state index in [1.54, 1.807) is 24.5 Å². The summed E-state index contributed by atoms with van der Waals surface area (Å²) in [6, 6.07) is 6.97. The van der Waals surface area contributed by atoms with E-state index in [1.165, 1.54) is 19.2 Å². The third kappa shape index (κ3) is 5.38. The van der Waals surface area contributed by atoms with Gasteiger partial charge in [-0.3, -0.25) is 24.2 Å². The highest BCUT2D eigenvalue weighted by atomic mass is 32.2. The molecule has 11 heteroatoms. The third-order valence-corrected chi connectivity index (χ3v) is 4.67. The van der Waals surface area contributed by atoms with Crippen molar-refractivity contribution in [2.24, 2.45) is 0 Å². The summed E-state index contributed by atoms with van der Waals surface area (Å²) in [5.74, 6) is -0.496. The first-order chi connectivity index (χ1) is 12.7. The molecule has 0 aliphatic heterocycles. The van der Waals surface area contributed by atoms with Crippen molar-refractivity contribution in [3.63, 3.8) is 0 Å². The van der Waals surface area contributed by atoms with Crippen molar-refractivity contribution >= 4 is 27.3 Å². The van der Waals surface area contributed by atoms with Crippen LogP contribution >= 0.6 is 0 Å². The van der Waals surface area contributed by atoms with E-state index in [2.05, 4.69) is 10.3 Å². The Balaban J connectivity index is 2.27. The maximum Gasteiger partial charge on any atom is 0.271 e. The normalized spacial score (nSPS) is 10.9. The van der Waals surface area contributed by atoms with E-state index in [0.29, 0.717) is 0 Å². The van der Waals surface area contributed by atoms with E-state index in [4.69, 9.17) is 4.74 Å². The van der Waals surface area contributed by atoms with Gasteiger partial charge in [0.05, 0.1) is 18.3 Å². The zero-order valence-electron chi connectivity index (χ0n) is 14.7. The SMILES string of the molecule is COc1ccc([N+](=O)[O-])cc1N(CC(=O)NCc1cccnc1)S(C)(=O)=O. The number of nitro groups is 1. The number of amides is 1. The highest BCUT2D eigenvalue weighted by molar-refractivity contribution is 7.92. The lowest BCUT2D eigenvalue weighted by atomic mass is 10.2. The standard InChI is InChI=1S/C16H18N4O6S/c1-26-15-6-5-13(20(22)23)8-14(15)19(27(2,24)25)11-16(21)18-10-12-4-3-7-17-9-12/h3-9H,10-11H2,1-2H3,(H,18,21). The van der Waals surface area contributed by atoms with Crippen LogP contribution in [-0.2, 0) is 21.4 Å². The molecule has 27 heavy (non-hydrogen) atoms. The molecule has 10 nitrogen and oxygen atoms in total. The van der Waals surface area contributed by atoms with Crippen molar-refractivity contribution in [1.82, 2.24) is 10.3 Å². The van der Waals surface area contributed by atoms with Crippen LogP contribution in [0.5, 0.6) is 5.75 Å². The highest BCUT2D eigenvalue weighted by Gasteiger charge is 2.26. The van der Waals surface area contributed by atoms with E-state index < -0.39 is 27.4 Å². The Morgan fingerprint density at radius 1 is 1.37 bits per heavy atom. The van der Waals surface area contributed by atoms with Gasteiger partial charge in [0.25, 0.3) is 5.69 Å². The summed E-state index contributed by atoms with van der Waals surface area (Å²) in [5.41, 5.74) is 0.325. The number of hydrogen-bond acceptors (Lipinski definition) is 7. The van der Waals surface area contributed by atoms with E-state index in [9.17, 15) is 23.3 Å². The van der Waals surface area contributed by atoms with Crippen molar-refractivity contribution < 1.29 is 22.9 Å². The van der Waals surface area contributed by atoms with Gasteiger partial charge in [-0.05, 0) is 17.7 Å². The topological polar surface area (TPSA) is 132 Å². The lowest BCUT2D eigenvalue weighted by Crippen LogP contribution is -2.40. The third-order valence-electron chi connectivity index (χ3n) is 3.54. The number of methoxy groups -OCH3 is 1. The molecule has 1 aromatic carbocycles. The van der Waals surface area contributed by atoms with E-state index in [1.807, 2.05) is 0 Å². The number of rotatable bonds is 8. The minimum Gasteiger partial charge on any atom is -0.495 e. The zero-order valence-corrected chi connectivity index (χ0v) is 15.5. The van der Waals surface area contributed by atoms with E-state index >= 15 is 0 Å². The van der Waals surface area contributed by atoms with Gasteiger partial charge in [-0.25, -0.2) is 8.42 Å². The Morgan fingerprint density at radius 2 is 2.11 bits per heavy atom. The van der Waals surface area contributed by atoms with Gasteiger partial charge in [-0.15, -0.1) is 0 Å². The first-order valence-corrected chi connectivity index (χ1v) is 9.53. The number of nitrogens with one attached hydrogen (secondary N) is 1. The predicted octanol–water partition coefficient (Wildman–Crippen LogP) is 1.08. The van der Waals surface area contributed by atoms with Crippen LogP contribution in [0.2, 0.25) is 0 Å². The number of benzene rings is 1. The molecular weight excluding hydrogens is 376 g/mol. The molecule has 0 fully saturated rings. The second-order valence-electron chi connectivity index (χ2n) is 5.52. The second-order valence-corrected chi connectivity index (χ2v) is 7.43. The van der Waals surface area contributed by atoms with Crippen molar-refractivity contribution in [1.29, 1.82) is 0 Å². The predicted molar refractivity (Wildman–Crippen MR) is 97.9 cm³/mol. The molecule has 0 radical (unpaired) electrons. The molecule has 1 heterocycles. The van der Waals surface area contributed by atoms with Crippen LogP contribution in [0, 0.1) is 10.1 Å². The number of anilines is 1. The highest BCUT2D eigenvalue weighted by Crippen LogP contribution is 2.33. The Morgan fingerprint density at radius 3 is 2.67 bits per heavy atom. The summed E-state index contributed by atoms with van der Waals surface area (Å²) < 4.78 is 30.3. The van der Waals surface area contributed by atoms with Gasteiger partial charge in [0, 0.05) is 31.1 Å². The molecule has 1 N–H and O–H groups in total. The molecule has 0 aliphatic rings. The van der Waals surface area contributed by atoms with Gasteiger partial charge >= 0.3 is 0 Å². The van der Waals surface area contributed by atoms with Crippen molar-refractivity contribution in [3.8, 4) is 5.75 Å². The molecule has 2 rings (SSSR count). The molecule has 0 unspecified atom stereocenters. The molecule has 2 aromatic rings. The summed E-state index contributed by atoms with van der Waals surface area (Å²) in [5, 5.41) is 13.6. The quantitative estimate of drug-likeness (QED) is 0.523. The minimum absolute atomic E-state index is 0.0890. The number of hydrogen-bond donors (Lipinski definition) is 1. The number of carbonyl (C=O) groups excluding carboxylic acids is 1. The Labute approximate surface area is 156 Å². The first-order valence-electron chi connectivity index (χ1n) is 7.68. The fourth-order valence-corrected chi connectivity index (χ4v) is 3.11. The monoisotopic (exact) mass is 394 g/mol. The van der Waals surface area contributed by atoms with Crippen molar-refractivity contribution in [2.45, 2.75) is 6.54 Å². The number of sulfonamides is 1. The number of aromatic nitrogens is 1. The number of pyridine rings is 1. The molecule has 144 valence electrons. The fourth-order valence-electron chi connectivity index (χ4n) is 2.26. The van der Waals surface area contributed by atoms with Crippen LogP contribution in [0.4, 0.5) is 11.4 Å². The van der Waals surface area contributed by atoms with E-state index in [-0.39, 0.29) is 23.7 Å². The maximum absolute atomic E-state index is 12.3. The van der Waals surface area contributed by atoms with Gasteiger partial charge in [0.15, 0.2) is 0 Å². The average Bonchev–Trinajstić information content (AvgIpc) is 2.63. The Kier molecular flexibility index (Phi) is 6.29. The summed E-state index contributed by atoms with van der Waals surface area (Å²) in [7, 11) is -2.61. The lowest BCUT2D eigenvalue weighted by Gasteiger charge is -2.23. The summed E-state index contributed by atoms with van der Waals surface area (Å²) in [6.07, 6.45) is 4.06. The zero-order chi connectivity index (χ0) is 20.0. The molecule has 1 aromatic heterocycles. The van der Waals surface area contributed by atoms with Crippen LogP contribution in [0.15, 0.2) is 42.7 Å². The van der Waals surface area contributed by atoms with Gasteiger partial charge < -0.3 is 10.1 Å². The summed E-state index contributed by atoms with van der Waals surface area (Å²) in [6.45, 7) is -0.396. The Bertz CT molecular complexity index is 933. The fraction of sp³-hybridized carbons (Fsp3) is 0.250. The minimum atomic E-state index is -3.91. The maximum atomic E-state index is 12.3. The number of carbonyl (C=O) groups is 1. The van der Waals surface area contributed by atoms with Crippen LogP contribution in [-0.4, -0.2) is 44.1 Å². The molecule has 0 saturated carbocycles. The smallest absolute Gasteiger partial charge is 0.271 e. The largest absolute Gasteiger partial charge is 0.495 e. The molecule has 0 bridgehead atoms. The first kappa shape index (κ1) is 20.1. The average molecular weight is 394 g/mol. The molecule has 0 atom stereocenters. The molecule has 1 amide bonds. The molecular formula is C16H18N4O6S. The second kappa shape index (κ2) is 8.45. The van der Waals surface area contributed by atoms with E-state index in [0.717, 1.165) is 22.2 Å². The number of ether oxygens (including phenoxy) is 1. The molecule has 0 spiro atoms. The van der Waals surface area contributed by atoms with Gasteiger partial charge in [-0.1, -0.05) is 6.07 Å². The van der Waals surface area contributed by atoms with Gasteiger partial charge in [-0.2, -0.15) is 0 Å². The summed E-state index contributed by atoms with van der Waals surface area (Å²) >= 11 is 0. The number of nitrogens with zero attached hydrogens (tertiary/aromatic N) is 3. The lowest BCUT2D eigenvalue weighted by molar-refractivity contribution is -0.384. The molecule has 0 aliphatic carbocycles. The Hall–Kier alpha value is -3.21.